The second-order valence-corrected chi connectivity index (χ2v) is 2.68. The summed E-state index contributed by atoms with van der Waals surface area (Å²) in [6.07, 6.45) is 3.14. The van der Waals surface area contributed by atoms with E-state index in [2.05, 4.69) is 9.78 Å². The van der Waals surface area contributed by atoms with E-state index in [1.165, 1.54) is 0 Å². The second kappa shape index (κ2) is 5.96. The largest absolute Gasteiger partial charge is 0.381 e. The van der Waals surface area contributed by atoms with Crippen molar-refractivity contribution in [3.05, 3.63) is 23.3 Å². The van der Waals surface area contributed by atoms with E-state index in [1.807, 2.05) is 0 Å². The molecule has 0 saturated carbocycles. The lowest BCUT2D eigenvalue weighted by atomic mass is 10.3. The van der Waals surface area contributed by atoms with Gasteiger partial charge in [-0.1, -0.05) is 12.2 Å². The molecule has 78 valence electrons. The van der Waals surface area contributed by atoms with Gasteiger partial charge in [0, 0.05) is 11.1 Å². The van der Waals surface area contributed by atoms with Gasteiger partial charge in [0.1, 0.15) is 0 Å². The molecule has 0 amide bonds. The van der Waals surface area contributed by atoms with Crippen molar-refractivity contribution in [2.45, 2.75) is 27.7 Å². The van der Waals surface area contributed by atoms with Gasteiger partial charge in [0.15, 0.2) is 0 Å². The van der Waals surface area contributed by atoms with Gasteiger partial charge in [-0.15, -0.1) is 0 Å². The highest BCUT2D eigenvalue weighted by atomic mass is 17.2. The van der Waals surface area contributed by atoms with Crippen molar-refractivity contribution in [2.24, 2.45) is 0 Å². The molecule has 0 saturated heterocycles. The third-order valence-corrected chi connectivity index (χ3v) is 1.70. The first-order chi connectivity index (χ1) is 6.52. The number of allylic oxidation sites excluding steroid dienone is 2. The topological polar surface area (TPSA) is 52.6 Å². The van der Waals surface area contributed by atoms with Crippen LogP contribution in [0.3, 0.4) is 0 Å². The molecule has 0 unspecified atom stereocenters. The molecule has 4 nitrogen and oxygen atoms in total. The monoisotopic (exact) mass is 198 g/mol. The molecule has 14 heavy (non-hydrogen) atoms. The average Bonchev–Trinajstić information content (AvgIpc) is 2.22. The fourth-order valence-corrected chi connectivity index (χ4v) is 0.443. The molecule has 0 aromatic heterocycles. The van der Waals surface area contributed by atoms with E-state index < -0.39 is 11.9 Å². The summed E-state index contributed by atoms with van der Waals surface area (Å²) in [6.45, 7) is 6.52. The molecule has 0 bridgehead atoms. The lowest BCUT2D eigenvalue weighted by Gasteiger charge is -2.02. The molecular weight excluding hydrogens is 184 g/mol. The minimum atomic E-state index is -0.662. The second-order valence-electron chi connectivity index (χ2n) is 2.68. The molecule has 0 atom stereocenters. The fourth-order valence-electron chi connectivity index (χ4n) is 0.443. The van der Waals surface area contributed by atoms with Crippen LogP contribution in [0.5, 0.6) is 0 Å². The summed E-state index contributed by atoms with van der Waals surface area (Å²) >= 11 is 0. The van der Waals surface area contributed by atoms with Crippen LogP contribution in [-0.4, -0.2) is 11.9 Å². The molecule has 0 spiro atoms. The third-order valence-electron chi connectivity index (χ3n) is 1.70. The fraction of sp³-hybridized carbons (Fsp3) is 0.400. The minimum Gasteiger partial charge on any atom is -0.242 e. The maximum Gasteiger partial charge on any atom is 0.381 e. The SMILES string of the molecule is C/C=C(\C)C(=O)OOC(=O)/C(C)=C/C. The first kappa shape index (κ1) is 12.4. The van der Waals surface area contributed by atoms with Gasteiger partial charge in [0.2, 0.25) is 0 Å². The Bertz CT molecular complexity index is 256. The summed E-state index contributed by atoms with van der Waals surface area (Å²) in [4.78, 5) is 30.6. The van der Waals surface area contributed by atoms with Gasteiger partial charge in [-0.25, -0.2) is 19.4 Å². The maximum atomic E-state index is 11.0. The van der Waals surface area contributed by atoms with Crippen molar-refractivity contribution >= 4 is 11.9 Å². The summed E-state index contributed by atoms with van der Waals surface area (Å²) < 4.78 is 0. The van der Waals surface area contributed by atoms with Gasteiger partial charge >= 0.3 is 11.9 Å². The normalized spacial score (nSPS) is 12.3. The number of carbonyl (C=O) groups excluding carboxylic acids is 2. The van der Waals surface area contributed by atoms with E-state index in [4.69, 9.17) is 0 Å². The van der Waals surface area contributed by atoms with Crippen LogP contribution in [0, 0.1) is 0 Å². The number of hydrogen-bond donors (Lipinski definition) is 0. The Hall–Kier alpha value is -1.58. The van der Waals surface area contributed by atoms with E-state index in [9.17, 15) is 9.59 Å². The van der Waals surface area contributed by atoms with Crippen LogP contribution in [-0.2, 0) is 19.4 Å². The standard InChI is InChI=1S/C10H14O4/c1-5-7(3)9(11)13-14-10(12)8(4)6-2/h5-6H,1-4H3/b7-5+,8-6+. The Morgan fingerprint density at radius 1 is 0.857 bits per heavy atom. The highest BCUT2D eigenvalue weighted by molar-refractivity contribution is 5.90. The van der Waals surface area contributed by atoms with Crippen molar-refractivity contribution < 1.29 is 19.4 Å². The van der Waals surface area contributed by atoms with Gasteiger partial charge < -0.3 is 0 Å². The summed E-state index contributed by atoms with van der Waals surface area (Å²) in [6, 6.07) is 0. The van der Waals surface area contributed by atoms with Gasteiger partial charge in [0.05, 0.1) is 0 Å². The van der Waals surface area contributed by atoms with Gasteiger partial charge in [-0.3, -0.25) is 0 Å². The Morgan fingerprint density at radius 3 is 1.36 bits per heavy atom. The highest BCUT2D eigenvalue weighted by Gasteiger charge is 2.11. The van der Waals surface area contributed by atoms with E-state index in [0.717, 1.165) is 0 Å². The van der Waals surface area contributed by atoms with E-state index in [-0.39, 0.29) is 0 Å². The van der Waals surface area contributed by atoms with Gasteiger partial charge in [-0.2, -0.15) is 0 Å². The van der Waals surface area contributed by atoms with Crippen molar-refractivity contribution in [1.29, 1.82) is 0 Å². The zero-order valence-electron chi connectivity index (χ0n) is 8.79. The highest BCUT2D eigenvalue weighted by Crippen LogP contribution is 2.00. The predicted octanol–water partition coefficient (Wildman–Crippen LogP) is 1.92. The molecule has 0 aromatic rings. The predicted molar refractivity (Wildman–Crippen MR) is 51.0 cm³/mol. The van der Waals surface area contributed by atoms with Crippen LogP contribution in [0.1, 0.15) is 27.7 Å². The zero-order chi connectivity index (χ0) is 11.1. The van der Waals surface area contributed by atoms with Crippen LogP contribution in [0.25, 0.3) is 0 Å². The van der Waals surface area contributed by atoms with Crippen LogP contribution >= 0.6 is 0 Å². The first-order valence-electron chi connectivity index (χ1n) is 4.22. The Labute approximate surface area is 83.1 Å². The number of rotatable bonds is 2. The molecule has 0 aromatic carbocycles. The number of carbonyl (C=O) groups is 2. The molecule has 0 aliphatic carbocycles. The van der Waals surface area contributed by atoms with Gasteiger partial charge in [-0.05, 0) is 27.7 Å². The number of hydrogen-bond acceptors (Lipinski definition) is 4. The summed E-state index contributed by atoms with van der Waals surface area (Å²) in [5.74, 6) is -1.32. The quantitative estimate of drug-likeness (QED) is 0.386. The molecule has 0 N–H and O–H groups in total. The zero-order valence-corrected chi connectivity index (χ0v) is 8.79. The summed E-state index contributed by atoms with van der Waals surface area (Å²) in [5.41, 5.74) is 0.770. The first-order valence-corrected chi connectivity index (χ1v) is 4.22. The van der Waals surface area contributed by atoms with E-state index in [0.29, 0.717) is 11.1 Å². The Balaban J connectivity index is 4.09. The molecule has 0 heterocycles. The van der Waals surface area contributed by atoms with Crippen LogP contribution in [0.2, 0.25) is 0 Å². The molecule has 0 aliphatic heterocycles. The van der Waals surface area contributed by atoms with Crippen molar-refractivity contribution in [3.63, 3.8) is 0 Å². The lowest BCUT2D eigenvalue weighted by molar-refractivity contribution is -0.252. The van der Waals surface area contributed by atoms with Crippen molar-refractivity contribution in [1.82, 2.24) is 0 Å². The van der Waals surface area contributed by atoms with Crippen LogP contribution in [0.15, 0.2) is 23.3 Å². The van der Waals surface area contributed by atoms with E-state index >= 15 is 0 Å². The summed E-state index contributed by atoms with van der Waals surface area (Å²) in [7, 11) is 0. The van der Waals surface area contributed by atoms with Crippen LogP contribution < -0.4 is 0 Å². The summed E-state index contributed by atoms with van der Waals surface area (Å²) in [5, 5.41) is 0. The van der Waals surface area contributed by atoms with Crippen LogP contribution in [0.4, 0.5) is 0 Å². The smallest absolute Gasteiger partial charge is 0.242 e. The molecule has 4 heteroatoms. The molecule has 0 fully saturated rings. The molecule has 0 rings (SSSR count). The third kappa shape index (κ3) is 3.89. The lowest BCUT2D eigenvalue weighted by Crippen LogP contribution is -2.12. The molecular formula is C10H14O4. The van der Waals surface area contributed by atoms with Crippen molar-refractivity contribution in [2.75, 3.05) is 0 Å². The average molecular weight is 198 g/mol. The molecule has 0 aliphatic rings. The molecule has 0 radical (unpaired) electrons. The Morgan fingerprint density at radius 2 is 1.14 bits per heavy atom. The minimum absolute atomic E-state index is 0.385. The van der Waals surface area contributed by atoms with E-state index in [1.54, 1.807) is 39.8 Å². The maximum absolute atomic E-state index is 11.0. The van der Waals surface area contributed by atoms with Crippen molar-refractivity contribution in [3.8, 4) is 0 Å². The Kier molecular flexibility index (Phi) is 5.29. The van der Waals surface area contributed by atoms with Gasteiger partial charge in [0.25, 0.3) is 0 Å².